The molecule has 0 fully saturated rings. The van der Waals surface area contributed by atoms with Gasteiger partial charge in [0.2, 0.25) is 0 Å². The van der Waals surface area contributed by atoms with E-state index in [0.717, 1.165) is 36.9 Å². The lowest BCUT2D eigenvalue weighted by Gasteiger charge is -2.10. The van der Waals surface area contributed by atoms with Crippen molar-refractivity contribution in [3.63, 3.8) is 0 Å². The highest BCUT2D eigenvalue weighted by atomic mass is 19.1. The van der Waals surface area contributed by atoms with Gasteiger partial charge in [0.05, 0.1) is 0 Å². The predicted octanol–water partition coefficient (Wildman–Crippen LogP) is 4.41. The van der Waals surface area contributed by atoms with Crippen molar-refractivity contribution < 1.29 is 4.39 Å². The summed E-state index contributed by atoms with van der Waals surface area (Å²) in [6, 6.07) is 15.1. The van der Waals surface area contributed by atoms with E-state index in [1.807, 2.05) is 18.2 Å². The molecule has 1 unspecified atom stereocenters. The first kappa shape index (κ1) is 14.7. The largest absolute Gasteiger partial charge is 0.330 e. The SMILES string of the molecule is CC(CCN)CCc1cccc(-c2cccc(F)c2)c1. The van der Waals surface area contributed by atoms with Crippen molar-refractivity contribution in [2.24, 2.45) is 11.7 Å². The molecule has 2 N–H and O–H groups in total. The lowest BCUT2D eigenvalue weighted by Crippen LogP contribution is -2.06. The Morgan fingerprint density at radius 2 is 1.70 bits per heavy atom. The number of halogens is 1. The molecule has 1 nitrogen and oxygen atoms in total. The Balaban J connectivity index is 2.08. The Bertz CT molecular complexity index is 551. The average molecular weight is 271 g/mol. The van der Waals surface area contributed by atoms with Crippen molar-refractivity contribution >= 4 is 0 Å². The fourth-order valence-corrected chi connectivity index (χ4v) is 2.42. The van der Waals surface area contributed by atoms with Gasteiger partial charge >= 0.3 is 0 Å². The summed E-state index contributed by atoms with van der Waals surface area (Å²) in [5.41, 5.74) is 8.89. The summed E-state index contributed by atoms with van der Waals surface area (Å²) >= 11 is 0. The molecule has 0 amide bonds. The number of aryl methyl sites for hydroxylation is 1. The molecule has 0 spiro atoms. The molecular weight excluding hydrogens is 249 g/mol. The van der Waals surface area contributed by atoms with Crippen LogP contribution in [0, 0.1) is 11.7 Å². The van der Waals surface area contributed by atoms with Crippen LogP contribution in [0.1, 0.15) is 25.3 Å². The first-order valence-corrected chi connectivity index (χ1v) is 7.24. The lowest BCUT2D eigenvalue weighted by atomic mass is 9.96. The Hall–Kier alpha value is -1.67. The average Bonchev–Trinajstić information content (AvgIpc) is 2.46. The van der Waals surface area contributed by atoms with Gasteiger partial charge in [0, 0.05) is 0 Å². The van der Waals surface area contributed by atoms with Crippen molar-refractivity contribution in [1.29, 1.82) is 0 Å². The highest BCUT2D eigenvalue weighted by Gasteiger charge is 2.04. The summed E-state index contributed by atoms with van der Waals surface area (Å²) in [4.78, 5) is 0. The summed E-state index contributed by atoms with van der Waals surface area (Å²) in [6.45, 7) is 2.99. The van der Waals surface area contributed by atoms with Crippen LogP contribution in [0.3, 0.4) is 0 Å². The van der Waals surface area contributed by atoms with E-state index in [2.05, 4.69) is 19.1 Å². The fourth-order valence-electron chi connectivity index (χ4n) is 2.42. The molecule has 0 aromatic heterocycles. The maximum atomic E-state index is 13.3. The molecule has 0 heterocycles. The van der Waals surface area contributed by atoms with Crippen LogP contribution in [0.4, 0.5) is 4.39 Å². The Morgan fingerprint density at radius 1 is 1.00 bits per heavy atom. The Kier molecular flexibility index (Phi) is 5.31. The minimum atomic E-state index is -0.190. The molecule has 0 aliphatic rings. The van der Waals surface area contributed by atoms with Crippen LogP contribution in [0.25, 0.3) is 11.1 Å². The van der Waals surface area contributed by atoms with Crippen molar-refractivity contribution in [3.8, 4) is 11.1 Å². The summed E-state index contributed by atoms with van der Waals surface area (Å²) in [6.07, 6.45) is 3.26. The molecule has 20 heavy (non-hydrogen) atoms. The third kappa shape index (κ3) is 4.17. The maximum absolute atomic E-state index is 13.3. The van der Waals surface area contributed by atoms with Gasteiger partial charge in [-0.05, 0) is 60.5 Å². The first-order valence-electron chi connectivity index (χ1n) is 7.24. The lowest BCUT2D eigenvalue weighted by molar-refractivity contribution is 0.500. The molecule has 2 aromatic rings. The standard InChI is InChI=1S/C18H22FN/c1-14(10-11-20)8-9-15-4-2-5-16(12-15)17-6-3-7-18(19)13-17/h2-7,12-14H,8-11,20H2,1H3. The summed E-state index contributed by atoms with van der Waals surface area (Å²) in [5, 5.41) is 0. The van der Waals surface area contributed by atoms with Crippen molar-refractivity contribution in [1.82, 2.24) is 0 Å². The van der Waals surface area contributed by atoms with E-state index >= 15 is 0 Å². The number of hydrogen-bond acceptors (Lipinski definition) is 1. The first-order chi connectivity index (χ1) is 9.69. The maximum Gasteiger partial charge on any atom is 0.123 e. The number of nitrogens with two attached hydrogens (primary N) is 1. The molecule has 2 rings (SSSR count). The zero-order chi connectivity index (χ0) is 14.4. The van der Waals surface area contributed by atoms with E-state index in [0.29, 0.717) is 5.92 Å². The van der Waals surface area contributed by atoms with E-state index in [1.165, 1.54) is 11.6 Å². The van der Waals surface area contributed by atoms with Crippen molar-refractivity contribution in [2.45, 2.75) is 26.2 Å². The second-order valence-electron chi connectivity index (χ2n) is 5.43. The van der Waals surface area contributed by atoms with Gasteiger partial charge in [-0.2, -0.15) is 0 Å². The second kappa shape index (κ2) is 7.20. The highest BCUT2D eigenvalue weighted by Crippen LogP contribution is 2.22. The van der Waals surface area contributed by atoms with Crippen LogP contribution in [0.5, 0.6) is 0 Å². The molecular formula is C18H22FN. The molecule has 1 atom stereocenters. The van der Waals surface area contributed by atoms with Gasteiger partial charge < -0.3 is 5.73 Å². The number of benzene rings is 2. The molecule has 2 aromatic carbocycles. The summed E-state index contributed by atoms with van der Waals surface area (Å²) < 4.78 is 13.3. The smallest absolute Gasteiger partial charge is 0.123 e. The third-order valence-electron chi connectivity index (χ3n) is 3.67. The van der Waals surface area contributed by atoms with E-state index < -0.39 is 0 Å². The molecule has 2 heteroatoms. The van der Waals surface area contributed by atoms with Crippen LogP contribution in [0.15, 0.2) is 48.5 Å². The zero-order valence-electron chi connectivity index (χ0n) is 12.0. The van der Waals surface area contributed by atoms with E-state index in [4.69, 9.17) is 5.73 Å². The Morgan fingerprint density at radius 3 is 2.40 bits per heavy atom. The number of hydrogen-bond donors (Lipinski definition) is 1. The molecule has 0 radical (unpaired) electrons. The molecule has 0 saturated heterocycles. The molecule has 0 saturated carbocycles. The summed E-state index contributed by atoms with van der Waals surface area (Å²) in [5.74, 6) is 0.460. The van der Waals surface area contributed by atoms with Crippen LogP contribution in [-0.4, -0.2) is 6.54 Å². The van der Waals surface area contributed by atoms with Crippen LogP contribution < -0.4 is 5.73 Å². The van der Waals surface area contributed by atoms with Gasteiger partial charge in [0.15, 0.2) is 0 Å². The topological polar surface area (TPSA) is 26.0 Å². The van der Waals surface area contributed by atoms with Crippen LogP contribution in [0.2, 0.25) is 0 Å². The molecule has 0 aliphatic heterocycles. The monoisotopic (exact) mass is 271 g/mol. The highest BCUT2D eigenvalue weighted by molar-refractivity contribution is 5.64. The minimum absolute atomic E-state index is 0.190. The van der Waals surface area contributed by atoms with Crippen molar-refractivity contribution in [3.05, 3.63) is 59.9 Å². The number of rotatable bonds is 6. The van der Waals surface area contributed by atoms with E-state index in [1.54, 1.807) is 12.1 Å². The van der Waals surface area contributed by atoms with Gasteiger partial charge in [0.1, 0.15) is 5.82 Å². The second-order valence-corrected chi connectivity index (χ2v) is 5.43. The molecule has 0 aliphatic carbocycles. The quantitative estimate of drug-likeness (QED) is 0.827. The van der Waals surface area contributed by atoms with Crippen LogP contribution in [-0.2, 0) is 6.42 Å². The van der Waals surface area contributed by atoms with Gasteiger partial charge in [-0.25, -0.2) is 4.39 Å². The third-order valence-corrected chi connectivity index (χ3v) is 3.67. The minimum Gasteiger partial charge on any atom is -0.330 e. The summed E-state index contributed by atoms with van der Waals surface area (Å²) in [7, 11) is 0. The fraction of sp³-hybridized carbons (Fsp3) is 0.333. The van der Waals surface area contributed by atoms with Gasteiger partial charge in [-0.3, -0.25) is 0 Å². The van der Waals surface area contributed by atoms with Gasteiger partial charge in [-0.15, -0.1) is 0 Å². The van der Waals surface area contributed by atoms with Gasteiger partial charge in [0.25, 0.3) is 0 Å². The normalized spacial score (nSPS) is 12.3. The van der Waals surface area contributed by atoms with Crippen molar-refractivity contribution in [2.75, 3.05) is 6.54 Å². The van der Waals surface area contributed by atoms with Crippen LogP contribution >= 0.6 is 0 Å². The molecule has 106 valence electrons. The van der Waals surface area contributed by atoms with E-state index in [-0.39, 0.29) is 5.82 Å². The van der Waals surface area contributed by atoms with Gasteiger partial charge in [-0.1, -0.05) is 43.3 Å². The zero-order valence-corrected chi connectivity index (χ0v) is 12.0. The molecule has 0 bridgehead atoms. The Labute approximate surface area is 120 Å². The van der Waals surface area contributed by atoms with E-state index in [9.17, 15) is 4.39 Å². The predicted molar refractivity (Wildman–Crippen MR) is 83.0 cm³/mol.